The number of fused-ring (bicyclic) bond motifs is 5. The third kappa shape index (κ3) is 1.82. The molecule has 1 aliphatic heterocycles. The molecule has 4 heteroatoms. The van der Waals surface area contributed by atoms with Crippen molar-refractivity contribution in [2.75, 3.05) is 12.0 Å². The molecule has 1 saturated carbocycles. The zero-order valence-electron chi connectivity index (χ0n) is 12.0. The normalized spacial score (nSPS) is 32.9. The second-order valence-electron chi connectivity index (χ2n) is 6.31. The molecule has 3 aliphatic rings. The van der Waals surface area contributed by atoms with Crippen molar-refractivity contribution in [3.8, 4) is 0 Å². The molecule has 0 radical (unpaired) electrons. The first-order valence-electron chi connectivity index (χ1n) is 7.49. The van der Waals surface area contributed by atoms with Gasteiger partial charge in [-0.05, 0) is 42.9 Å². The highest BCUT2D eigenvalue weighted by Crippen LogP contribution is 2.52. The van der Waals surface area contributed by atoms with E-state index in [1.54, 1.807) is 0 Å². The molecular formula is C17H18N2O2. The predicted molar refractivity (Wildman–Crippen MR) is 79.2 cm³/mol. The van der Waals surface area contributed by atoms with Gasteiger partial charge in [-0.25, -0.2) is 0 Å². The van der Waals surface area contributed by atoms with E-state index in [1.807, 2.05) is 31.2 Å². The average Bonchev–Trinajstić information content (AvgIpc) is 3.12. The van der Waals surface area contributed by atoms with Crippen molar-refractivity contribution < 1.29 is 9.59 Å². The van der Waals surface area contributed by atoms with E-state index in [-0.39, 0.29) is 42.2 Å². The lowest BCUT2D eigenvalue weighted by molar-refractivity contribution is -0.140. The summed E-state index contributed by atoms with van der Waals surface area (Å²) in [4.78, 5) is 26.4. The number of hydrogen-bond acceptors (Lipinski definition) is 3. The van der Waals surface area contributed by atoms with E-state index in [9.17, 15) is 9.59 Å². The molecule has 1 aromatic carbocycles. The summed E-state index contributed by atoms with van der Waals surface area (Å²) in [6, 6.07) is 7.94. The van der Waals surface area contributed by atoms with E-state index in [0.29, 0.717) is 0 Å². The van der Waals surface area contributed by atoms with E-state index in [4.69, 9.17) is 0 Å². The number of carbonyl (C=O) groups excluding carboxylic acids is 2. The van der Waals surface area contributed by atoms with Crippen LogP contribution in [0.3, 0.4) is 0 Å². The Morgan fingerprint density at radius 1 is 1.14 bits per heavy atom. The number of rotatable bonds is 3. The molecule has 108 valence electrons. The third-order valence-electron chi connectivity index (χ3n) is 5.02. The largest absolute Gasteiger partial charge is 0.367 e. The molecular weight excluding hydrogens is 264 g/mol. The summed E-state index contributed by atoms with van der Waals surface area (Å²) in [7, 11) is 0. The summed E-state index contributed by atoms with van der Waals surface area (Å²) < 4.78 is 0. The Morgan fingerprint density at radius 2 is 1.81 bits per heavy atom. The molecule has 0 spiro atoms. The summed E-state index contributed by atoms with van der Waals surface area (Å²) in [5.41, 5.74) is 2.09. The van der Waals surface area contributed by atoms with Crippen LogP contribution in [-0.2, 0) is 9.59 Å². The molecule has 2 amide bonds. The van der Waals surface area contributed by atoms with Crippen LogP contribution in [0.1, 0.15) is 12.0 Å². The molecule has 0 unspecified atom stereocenters. The maximum Gasteiger partial charge on any atom is 0.235 e. The molecule has 21 heavy (non-hydrogen) atoms. The molecule has 4 nitrogen and oxygen atoms in total. The lowest BCUT2D eigenvalue weighted by Crippen LogP contribution is -2.37. The number of hydrogen-bond donors (Lipinski definition) is 1. The fourth-order valence-electron chi connectivity index (χ4n) is 4.05. The lowest BCUT2D eigenvalue weighted by Gasteiger charge is -2.18. The summed E-state index contributed by atoms with van der Waals surface area (Å²) in [5, 5.41) is 3.19. The van der Waals surface area contributed by atoms with Gasteiger partial charge in [0.05, 0.1) is 18.5 Å². The molecule has 1 saturated heterocycles. The number of amides is 2. The average molecular weight is 282 g/mol. The van der Waals surface area contributed by atoms with Gasteiger partial charge < -0.3 is 5.32 Å². The molecule has 2 bridgehead atoms. The molecule has 0 aromatic heterocycles. The number of nitrogens with one attached hydrogen (secondary N) is 1. The molecule has 2 aliphatic carbocycles. The van der Waals surface area contributed by atoms with Crippen molar-refractivity contribution in [2.45, 2.75) is 13.3 Å². The predicted octanol–water partition coefficient (Wildman–Crippen LogP) is 2.17. The number of benzene rings is 1. The first-order valence-corrected chi connectivity index (χ1v) is 7.49. The molecule has 1 aromatic rings. The molecule has 2 fully saturated rings. The third-order valence-corrected chi connectivity index (χ3v) is 5.02. The van der Waals surface area contributed by atoms with Crippen molar-refractivity contribution in [3.63, 3.8) is 0 Å². The molecule has 1 heterocycles. The highest BCUT2D eigenvalue weighted by atomic mass is 16.2. The highest BCUT2D eigenvalue weighted by molar-refractivity contribution is 6.06. The number of imide groups is 1. The van der Waals surface area contributed by atoms with Gasteiger partial charge >= 0.3 is 0 Å². The van der Waals surface area contributed by atoms with Crippen LogP contribution in [0.5, 0.6) is 0 Å². The van der Waals surface area contributed by atoms with E-state index in [2.05, 4.69) is 17.5 Å². The smallest absolute Gasteiger partial charge is 0.235 e. The van der Waals surface area contributed by atoms with Crippen molar-refractivity contribution in [2.24, 2.45) is 23.7 Å². The van der Waals surface area contributed by atoms with Gasteiger partial charge in [0.2, 0.25) is 11.8 Å². The van der Waals surface area contributed by atoms with Crippen LogP contribution in [-0.4, -0.2) is 23.4 Å². The Hall–Kier alpha value is -2.10. The Bertz CT molecular complexity index is 622. The fraction of sp³-hybridized carbons (Fsp3) is 0.412. The van der Waals surface area contributed by atoms with Gasteiger partial charge in [0.25, 0.3) is 0 Å². The lowest BCUT2D eigenvalue weighted by atomic mass is 9.85. The Balaban J connectivity index is 1.50. The standard InChI is InChI=1S/C17H18N2O2/c1-10-3-2-4-13(7-10)18-9-19-16(20)14-11-5-6-12(8-11)15(14)17(19)21/h2-7,11-12,14-15,18H,8-9H2,1H3/t11-,12+,14-,15+. The van der Waals surface area contributed by atoms with Gasteiger partial charge in [0.15, 0.2) is 0 Å². The van der Waals surface area contributed by atoms with Crippen molar-refractivity contribution >= 4 is 17.5 Å². The van der Waals surface area contributed by atoms with Crippen molar-refractivity contribution in [3.05, 3.63) is 42.0 Å². The van der Waals surface area contributed by atoms with Gasteiger partial charge in [-0.3, -0.25) is 14.5 Å². The van der Waals surface area contributed by atoms with Gasteiger partial charge in [0.1, 0.15) is 0 Å². The quantitative estimate of drug-likeness (QED) is 0.683. The zero-order valence-corrected chi connectivity index (χ0v) is 12.0. The second kappa shape index (κ2) is 4.45. The van der Waals surface area contributed by atoms with Crippen LogP contribution in [0.25, 0.3) is 0 Å². The van der Waals surface area contributed by atoms with Gasteiger partial charge in [-0.2, -0.15) is 0 Å². The SMILES string of the molecule is Cc1cccc(NCN2C(=O)[C@@H]3[C@H](C2=O)[C@@H]2C=C[C@H]3C2)c1. The summed E-state index contributed by atoms with van der Waals surface area (Å²) >= 11 is 0. The summed E-state index contributed by atoms with van der Waals surface area (Å²) in [6.07, 6.45) is 5.22. The van der Waals surface area contributed by atoms with Crippen LogP contribution >= 0.6 is 0 Å². The Morgan fingerprint density at radius 3 is 2.43 bits per heavy atom. The minimum Gasteiger partial charge on any atom is -0.367 e. The molecule has 4 rings (SSSR count). The van der Waals surface area contributed by atoms with Crippen LogP contribution in [0, 0.1) is 30.6 Å². The second-order valence-corrected chi connectivity index (χ2v) is 6.31. The van der Waals surface area contributed by atoms with Gasteiger partial charge in [-0.1, -0.05) is 24.3 Å². The first kappa shape index (κ1) is 12.6. The maximum absolute atomic E-state index is 12.5. The van der Waals surface area contributed by atoms with E-state index >= 15 is 0 Å². The monoisotopic (exact) mass is 282 g/mol. The molecule has 4 atom stereocenters. The van der Waals surface area contributed by atoms with E-state index < -0.39 is 0 Å². The van der Waals surface area contributed by atoms with Crippen LogP contribution in [0.4, 0.5) is 5.69 Å². The Kier molecular flexibility index (Phi) is 2.67. The first-order chi connectivity index (χ1) is 10.1. The number of anilines is 1. The summed E-state index contributed by atoms with van der Waals surface area (Å²) in [6.45, 7) is 2.29. The van der Waals surface area contributed by atoms with Crippen LogP contribution < -0.4 is 5.32 Å². The topological polar surface area (TPSA) is 49.4 Å². The van der Waals surface area contributed by atoms with Gasteiger partial charge in [-0.15, -0.1) is 0 Å². The van der Waals surface area contributed by atoms with Crippen molar-refractivity contribution in [1.82, 2.24) is 4.90 Å². The summed E-state index contributed by atoms with van der Waals surface area (Å²) in [5.74, 6) is 0.350. The maximum atomic E-state index is 12.5. The van der Waals surface area contributed by atoms with Crippen LogP contribution in [0.2, 0.25) is 0 Å². The highest BCUT2D eigenvalue weighted by Gasteiger charge is 2.59. The number of likely N-dealkylation sites (tertiary alicyclic amines) is 1. The minimum absolute atomic E-state index is 0.00185. The number of carbonyl (C=O) groups is 2. The van der Waals surface area contributed by atoms with E-state index in [1.165, 1.54) is 4.90 Å². The molecule has 1 N–H and O–H groups in total. The minimum atomic E-state index is -0.105. The zero-order chi connectivity index (χ0) is 14.6. The number of allylic oxidation sites excluding steroid dienone is 2. The van der Waals surface area contributed by atoms with Crippen LogP contribution in [0.15, 0.2) is 36.4 Å². The number of aryl methyl sites for hydroxylation is 1. The fourth-order valence-corrected chi connectivity index (χ4v) is 4.05. The van der Waals surface area contributed by atoms with E-state index in [0.717, 1.165) is 17.7 Å². The Labute approximate surface area is 123 Å². The van der Waals surface area contributed by atoms with Gasteiger partial charge in [0, 0.05) is 5.69 Å². The van der Waals surface area contributed by atoms with Crippen molar-refractivity contribution in [1.29, 1.82) is 0 Å². The number of nitrogens with zero attached hydrogens (tertiary/aromatic N) is 1.